The largest absolute Gasteiger partial charge is 0.435 e. The second kappa shape index (κ2) is 10.6. The molecule has 21 heavy (non-hydrogen) atoms. The van der Waals surface area contributed by atoms with E-state index in [-0.39, 0.29) is 24.1 Å². The van der Waals surface area contributed by atoms with Crippen LogP contribution in [0.4, 0.5) is 8.78 Å². The standard InChI is InChI=1S/C13H18F2N2O2S.ClH/c1-20-7-6-11(16)12(18)17-8-9-2-4-10(5-3-9)19-13(14)15;/h2-5,11,13H,6-8,16H2,1H3,(H,17,18);1H/t11-;/m0./s1. The van der Waals surface area contributed by atoms with Crippen LogP contribution in [0.15, 0.2) is 24.3 Å². The molecule has 4 nitrogen and oxygen atoms in total. The predicted octanol–water partition coefficient (Wildman–Crippen LogP) is 2.41. The van der Waals surface area contributed by atoms with Crippen molar-refractivity contribution in [1.82, 2.24) is 5.32 Å². The molecule has 1 aromatic rings. The van der Waals surface area contributed by atoms with Crippen molar-refractivity contribution in [3.8, 4) is 5.75 Å². The van der Waals surface area contributed by atoms with Crippen molar-refractivity contribution in [1.29, 1.82) is 0 Å². The number of carbonyl (C=O) groups excluding carboxylic acids is 1. The zero-order chi connectivity index (χ0) is 15.0. The van der Waals surface area contributed by atoms with Crippen LogP contribution >= 0.6 is 24.2 Å². The van der Waals surface area contributed by atoms with Crippen molar-refractivity contribution < 1.29 is 18.3 Å². The molecule has 1 amide bonds. The van der Waals surface area contributed by atoms with E-state index in [0.717, 1.165) is 11.3 Å². The molecule has 1 atom stereocenters. The molecule has 0 aromatic heterocycles. The monoisotopic (exact) mass is 340 g/mol. The summed E-state index contributed by atoms with van der Waals surface area (Å²) in [4.78, 5) is 11.7. The van der Waals surface area contributed by atoms with E-state index in [9.17, 15) is 13.6 Å². The molecule has 0 heterocycles. The second-order valence-corrected chi connectivity index (χ2v) is 5.11. The lowest BCUT2D eigenvalue weighted by Crippen LogP contribution is -2.40. The molecule has 120 valence electrons. The Kier molecular flexibility index (Phi) is 10.1. The van der Waals surface area contributed by atoms with Crippen LogP contribution in [0.2, 0.25) is 0 Å². The molecule has 1 aromatic carbocycles. The first-order valence-electron chi connectivity index (χ1n) is 6.09. The van der Waals surface area contributed by atoms with Gasteiger partial charge < -0.3 is 15.8 Å². The Labute approximate surface area is 133 Å². The van der Waals surface area contributed by atoms with Gasteiger partial charge in [-0.15, -0.1) is 12.4 Å². The van der Waals surface area contributed by atoms with Crippen molar-refractivity contribution in [3.05, 3.63) is 29.8 Å². The summed E-state index contributed by atoms with van der Waals surface area (Å²) in [6.45, 7) is -2.53. The van der Waals surface area contributed by atoms with Gasteiger partial charge in [-0.1, -0.05) is 12.1 Å². The van der Waals surface area contributed by atoms with Crippen LogP contribution in [0, 0.1) is 0 Å². The zero-order valence-electron chi connectivity index (χ0n) is 11.6. The third kappa shape index (κ3) is 8.08. The summed E-state index contributed by atoms with van der Waals surface area (Å²) in [6.07, 6.45) is 2.57. The van der Waals surface area contributed by atoms with E-state index in [4.69, 9.17) is 5.73 Å². The Hall–Kier alpha value is -1.05. The van der Waals surface area contributed by atoms with E-state index in [1.165, 1.54) is 12.1 Å². The highest BCUT2D eigenvalue weighted by molar-refractivity contribution is 7.98. The van der Waals surface area contributed by atoms with Crippen LogP contribution in [0.3, 0.4) is 0 Å². The van der Waals surface area contributed by atoms with Crippen molar-refractivity contribution in [2.75, 3.05) is 12.0 Å². The SMILES string of the molecule is CSCC[C@H](N)C(=O)NCc1ccc(OC(F)F)cc1.Cl. The second-order valence-electron chi connectivity index (χ2n) is 4.13. The Morgan fingerprint density at radius 2 is 2.00 bits per heavy atom. The molecule has 0 aliphatic carbocycles. The number of hydrogen-bond acceptors (Lipinski definition) is 4. The van der Waals surface area contributed by atoms with Crippen LogP contribution in [0.5, 0.6) is 5.75 Å². The number of alkyl halides is 2. The number of nitrogens with one attached hydrogen (secondary N) is 1. The summed E-state index contributed by atoms with van der Waals surface area (Å²) < 4.78 is 28.2. The normalized spacial score (nSPS) is 11.7. The van der Waals surface area contributed by atoms with E-state index >= 15 is 0 Å². The van der Waals surface area contributed by atoms with Gasteiger partial charge in [0.1, 0.15) is 5.75 Å². The topological polar surface area (TPSA) is 64.4 Å². The minimum Gasteiger partial charge on any atom is -0.435 e. The maximum absolute atomic E-state index is 12.0. The molecule has 0 aliphatic rings. The van der Waals surface area contributed by atoms with E-state index in [1.54, 1.807) is 23.9 Å². The molecule has 0 bridgehead atoms. The van der Waals surface area contributed by atoms with E-state index in [0.29, 0.717) is 13.0 Å². The number of amides is 1. The van der Waals surface area contributed by atoms with Gasteiger partial charge in [-0.3, -0.25) is 4.79 Å². The van der Waals surface area contributed by atoms with Gasteiger partial charge in [0, 0.05) is 6.54 Å². The molecule has 0 aliphatic heterocycles. The van der Waals surface area contributed by atoms with Gasteiger partial charge in [-0.2, -0.15) is 20.5 Å². The molecular formula is C13H19ClF2N2O2S. The smallest absolute Gasteiger partial charge is 0.387 e. The van der Waals surface area contributed by atoms with Crippen molar-refractivity contribution >= 4 is 30.1 Å². The average molecular weight is 341 g/mol. The molecule has 0 fully saturated rings. The van der Waals surface area contributed by atoms with E-state index in [2.05, 4.69) is 10.1 Å². The van der Waals surface area contributed by atoms with Gasteiger partial charge in [0.25, 0.3) is 0 Å². The van der Waals surface area contributed by atoms with Crippen LogP contribution in [0.1, 0.15) is 12.0 Å². The maximum atomic E-state index is 12.0. The fourth-order valence-electron chi connectivity index (χ4n) is 1.48. The highest BCUT2D eigenvalue weighted by Crippen LogP contribution is 2.14. The first-order valence-corrected chi connectivity index (χ1v) is 7.48. The lowest BCUT2D eigenvalue weighted by atomic mass is 10.2. The Morgan fingerprint density at radius 3 is 2.52 bits per heavy atom. The number of rotatable bonds is 8. The maximum Gasteiger partial charge on any atom is 0.387 e. The first-order chi connectivity index (χ1) is 9.52. The van der Waals surface area contributed by atoms with Gasteiger partial charge in [0.2, 0.25) is 5.91 Å². The predicted molar refractivity (Wildman–Crippen MR) is 83.1 cm³/mol. The fraction of sp³-hybridized carbons (Fsp3) is 0.462. The molecular weight excluding hydrogens is 322 g/mol. The third-order valence-corrected chi connectivity index (χ3v) is 3.23. The van der Waals surface area contributed by atoms with Crippen molar-refractivity contribution in [2.45, 2.75) is 25.6 Å². The summed E-state index contributed by atoms with van der Waals surface area (Å²) in [7, 11) is 0. The number of thioether (sulfide) groups is 1. The number of nitrogens with two attached hydrogens (primary N) is 1. The minimum absolute atomic E-state index is 0. The van der Waals surface area contributed by atoms with Crippen molar-refractivity contribution in [3.63, 3.8) is 0 Å². The summed E-state index contributed by atoms with van der Waals surface area (Å²) >= 11 is 1.63. The molecule has 0 unspecified atom stereocenters. The number of carbonyl (C=O) groups is 1. The minimum atomic E-state index is -2.84. The first kappa shape index (κ1) is 19.9. The van der Waals surface area contributed by atoms with Crippen LogP contribution in [0.25, 0.3) is 0 Å². The third-order valence-electron chi connectivity index (χ3n) is 2.59. The van der Waals surface area contributed by atoms with Crippen LogP contribution < -0.4 is 15.8 Å². The quantitative estimate of drug-likeness (QED) is 0.762. The fourth-order valence-corrected chi connectivity index (χ4v) is 1.97. The lowest BCUT2D eigenvalue weighted by Gasteiger charge is -2.12. The zero-order valence-corrected chi connectivity index (χ0v) is 13.2. The molecule has 3 N–H and O–H groups in total. The molecule has 0 saturated heterocycles. The van der Waals surface area contributed by atoms with Gasteiger partial charge >= 0.3 is 6.61 Å². The molecule has 1 rings (SSSR count). The molecule has 8 heteroatoms. The summed E-state index contributed by atoms with van der Waals surface area (Å²) in [5, 5.41) is 2.71. The van der Waals surface area contributed by atoms with Crippen molar-refractivity contribution in [2.24, 2.45) is 5.73 Å². The number of halogens is 3. The summed E-state index contributed by atoms with van der Waals surface area (Å²) in [5.74, 6) is 0.701. The lowest BCUT2D eigenvalue weighted by molar-refractivity contribution is -0.122. The van der Waals surface area contributed by atoms with Gasteiger partial charge in [-0.25, -0.2) is 0 Å². The molecule has 0 saturated carbocycles. The van der Waals surface area contributed by atoms with Gasteiger partial charge in [0.15, 0.2) is 0 Å². The number of benzene rings is 1. The molecule has 0 radical (unpaired) electrons. The number of hydrogen-bond donors (Lipinski definition) is 2. The Bertz CT molecular complexity index is 421. The summed E-state index contributed by atoms with van der Waals surface area (Å²) in [5.41, 5.74) is 6.51. The van der Waals surface area contributed by atoms with Gasteiger partial charge in [0.05, 0.1) is 6.04 Å². The van der Waals surface area contributed by atoms with E-state index < -0.39 is 12.7 Å². The highest BCUT2D eigenvalue weighted by Gasteiger charge is 2.12. The van der Waals surface area contributed by atoms with Gasteiger partial charge in [-0.05, 0) is 36.1 Å². The Morgan fingerprint density at radius 1 is 1.38 bits per heavy atom. The van der Waals surface area contributed by atoms with Crippen LogP contribution in [-0.2, 0) is 11.3 Å². The van der Waals surface area contributed by atoms with Crippen LogP contribution in [-0.4, -0.2) is 30.6 Å². The average Bonchev–Trinajstić information content (AvgIpc) is 2.43. The number of ether oxygens (including phenoxy) is 1. The summed E-state index contributed by atoms with van der Waals surface area (Å²) in [6, 6.07) is 5.57. The van der Waals surface area contributed by atoms with E-state index in [1.807, 2.05) is 6.26 Å². The Balaban J connectivity index is 0.00000400. The molecule has 0 spiro atoms. The highest BCUT2D eigenvalue weighted by atomic mass is 35.5.